The summed E-state index contributed by atoms with van der Waals surface area (Å²) in [6, 6.07) is 14.6. The Balaban J connectivity index is 1.57. The van der Waals surface area contributed by atoms with Gasteiger partial charge >= 0.3 is 12.1 Å². The maximum atomic E-state index is 12.2. The number of carbonyl (C=O) groups excluding carboxylic acids is 1. The molecule has 160 valence electrons. The maximum absolute atomic E-state index is 12.2. The predicted molar refractivity (Wildman–Crippen MR) is 110 cm³/mol. The zero-order valence-electron chi connectivity index (χ0n) is 16.1. The van der Waals surface area contributed by atoms with Crippen LogP contribution in [-0.4, -0.2) is 44.8 Å². The zero-order valence-corrected chi connectivity index (χ0v) is 16.9. The fraction of sp³-hybridized carbons (Fsp3) is 0.300. The lowest BCUT2D eigenvalue weighted by Gasteiger charge is -2.17. The van der Waals surface area contributed by atoms with Crippen LogP contribution in [0.4, 0.5) is 4.79 Å². The Morgan fingerprint density at radius 3 is 2.17 bits per heavy atom. The summed E-state index contributed by atoms with van der Waals surface area (Å²) in [6.45, 7) is 0.0359. The van der Waals surface area contributed by atoms with Crippen LogP contribution in [0.25, 0.3) is 11.1 Å². The first-order chi connectivity index (χ1) is 14.3. The van der Waals surface area contributed by atoms with E-state index in [4.69, 9.17) is 9.88 Å². The van der Waals surface area contributed by atoms with Crippen LogP contribution in [0, 0.1) is 0 Å². The minimum absolute atomic E-state index is 0.0159. The van der Waals surface area contributed by atoms with E-state index in [9.17, 15) is 23.1 Å². The molecule has 5 N–H and O–H groups in total. The number of amides is 1. The Hall–Kier alpha value is -2.95. The Morgan fingerprint density at radius 2 is 1.63 bits per heavy atom. The van der Waals surface area contributed by atoms with E-state index in [0.29, 0.717) is 0 Å². The number of alkyl carbamates (subject to hydrolysis) is 1. The van der Waals surface area contributed by atoms with E-state index in [1.54, 1.807) is 0 Å². The molecule has 1 atom stereocenters. The number of carboxylic acid groups (broad SMARTS) is 1. The molecule has 1 aliphatic carbocycles. The molecule has 30 heavy (non-hydrogen) atoms. The average molecular weight is 433 g/mol. The summed E-state index contributed by atoms with van der Waals surface area (Å²) >= 11 is 0. The van der Waals surface area contributed by atoms with Crippen LogP contribution in [0.5, 0.6) is 0 Å². The van der Waals surface area contributed by atoms with E-state index in [0.717, 1.165) is 22.3 Å². The van der Waals surface area contributed by atoms with Crippen LogP contribution in [-0.2, 0) is 19.7 Å². The van der Waals surface area contributed by atoms with Gasteiger partial charge in [0.25, 0.3) is 10.2 Å². The molecule has 10 heteroatoms. The molecular formula is C20H23N3O6S. The first kappa shape index (κ1) is 21.8. The number of hydrogen-bond acceptors (Lipinski definition) is 5. The largest absolute Gasteiger partial charge is 0.480 e. The first-order valence-electron chi connectivity index (χ1n) is 9.38. The van der Waals surface area contributed by atoms with Crippen molar-refractivity contribution in [3.63, 3.8) is 0 Å². The molecule has 0 unspecified atom stereocenters. The van der Waals surface area contributed by atoms with Gasteiger partial charge in [-0.15, -0.1) is 0 Å². The summed E-state index contributed by atoms with van der Waals surface area (Å²) in [4.78, 5) is 23.6. The van der Waals surface area contributed by atoms with Gasteiger partial charge in [0.15, 0.2) is 0 Å². The molecule has 2 aromatic carbocycles. The van der Waals surface area contributed by atoms with Crippen LogP contribution in [0.2, 0.25) is 0 Å². The molecule has 3 rings (SSSR count). The number of fused-ring (bicyclic) bond motifs is 3. The van der Waals surface area contributed by atoms with Gasteiger partial charge in [0.2, 0.25) is 0 Å². The maximum Gasteiger partial charge on any atom is 0.407 e. The smallest absolute Gasteiger partial charge is 0.407 e. The van der Waals surface area contributed by atoms with Crippen molar-refractivity contribution in [2.45, 2.75) is 24.8 Å². The minimum atomic E-state index is -3.84. The van der Waals surface area contributed by atoms with Crippen molar-refractivity contribution >= 4 is 22.3 Å². The third-order valence-corrected chi connectivity index (χ3v) is 5.51. The Labute approximate surface area is 174 Å². The lowest BCUT2D eigenvalue weighted by atomic mass is 9.98. The predicted octanol–water partition coefficient (Wildman–Crippen LogP) is 1.55. The number of aliphatic carboxylic acids is 1. The standard InChI is InChI=1S/C20H23N3O6S/c21-30(27,28)22-11-5-10-18(19(24)25)23-20(26)29-12-17-15-8-3-1-6-13(15)14-7-2-4-9-16(14)17/h1-4,6-9,17-18,22H,5,10-12H2,(H,23,26)(H,24,25)(H2,21,27,28)/t18-/m0/s1. The van der Waals surface area contributed by atoms with Gasteiger partial charge in [0.05, 0.1) is 0 Å². The zero-order chi connectivity index (χ0) is 21.7. The fourth-order valence-electron chi connectivity index (χ4n) is 3.56. The SMILES string of the molecule is NS(=O)(=O)NCCC[C@H](NC(=O)OCC1c2ccccc2-c2ccccc21)C(=O)O. The number of benzene rings is 2. The van der Waals surface area contributed by atoms with Crippen molar-refractivity contribution in [2.24, 2.45) is 5.14 Å². The number of ether oxygens (including phenoxy) is 1. The molecule has 0 aliphatic heterocycles. The molecule has 0 heterocycles. The molecule has 0 saturated carbocycles. The van der Waals surface area contributed by atoms with Crippen LogP contribution in [0.1, 0.15) is 29.9 Å². The van der Waals surface area contributed by atoms with Gasteiger partial charge < -0.3 is 15.2 Å². The number of carboxylic acids is 1. The van der Waals surface area contributed by atoms with Crippen LogP contribution in [0.3, 0.4) is 0 Å². The lowest BCUT2D eigenvalue weighted by molar-refractivity contribution is -0.139. The Morgan fingerprint density at radius 1 is 1.07 bits per heavy atom. The van der Waals surface area contributed by atoms with Gasteiger partial charge in [0.1, 0.15) is 12.6 Å². The molecule has 0 spiro atoms. The van der Waals surface area contributed by atoms with Crippen molar-refractivity contribution in [2.75, 3.05) is 13.2 Å². The molecule has 0 fully saturated rings. The fourth-order valence-corrected chi connectivity index (χ4v) is 3.99. The number of nitrogens with two attached hydrogens (primary N) is 1. The van der Waals surface area contributed by atoms with E-state index >= 15 is 0 Å². The molecule has 1 aliphatic rings. The highest BCUT2D eigenvalue weighted by Crippen LogP contribution is 2.44. The van der Waals surface area contributed by atoms with E-state index in [1.807, 2.05) is 48.5 Å². The normalized spacial score (nSPS) is 13.9. The van der Waals surface area contributed by atoms with E-state index in [1.165, 1.54) is 0 Å². The quantitative estimate of drug-likeness (QED) is 0.441. The molecule has 0 aromatic heterocycles. The van der Waals surface area contributed by atoms with E-state index < -0.39 is 28.3 Å². The molecule has 0 bridgehead atoms. The molecule has 2 aromatic rings. The van der Waals surface area contributed by atoms with Crippen LogP contribution < -0.4 is 15.2 Å². The number of hydrogen-bond donors (Lipinski definition) is 4. The number of nitrogens with one attached hydrogen (secondary N) is 2. The van der Waals surface area contributed by atoms with E-state index in [-0.39, 0.29) is 31.9 Å². The lowest BCUT2D eigenvalue weighted by Crippen LogP contribution is -2.42. The Kier molecular flexibility index (Phi) is 6.70. The van der Waals surface area contributed by atoms with Gasteiger partial charge in [-0.25, -0.2) is 19.5 Å². The van der Waals surface area contributed by atoms with Crippen LogP contribution in [0.15, 0.2) is 48.5 Å². The number of rotatable bonds is 9. The summed E-state index contributed by atoms with van der Waals surface area (Å²) in [5.74, 6) is -1.37. The highest BCUT2D eigenvalue weighted by atomic mass is 32.2. The van der Waals surface area contributed by atoms with E-state index in [2.05, 4.69) is 10.0 Å². The second kappa shape index (κ2) is 9.24. The summed E-state index contributed by atoms with van der Waals surface area (Å²) in [5, 5.41) is 16.4. The van der Waals surface area contributed by atoms with Crippen LogP contribution >= 0.6 is 0 Å². The second-order valence-corrected chi connectivity index (χ2v) is 8.32. The third-order valence-electron chi connectivity index (χ3n) is 4.91. The molecule has 1 amide bonds. The summed E-state index contributed by atoms with van der Waals surface area (Å²) in [5.41, 5.74) is 4.28. The van der Waals surface area contributed by atoms with Crippen molar-refractivity contribution in [1.29, 1.82) is 0 Å². The van der Waals surface area contributed by atoms with Crippen molar-refractivity contribution < 1.29 is 27.9 Å². The topological polar surface area (TPSA) is 148 Å². The molecule has 0 saturated heterocycles. The van der Waals surface area contributed by atoms with Crippen molar-refractivity contribution in [3.8, 4) is 11.1 Å². The molecule has 0 radical (unpaired) electrons. The van der Waals surface area contributed by atoms with Gasteiger partial charge in [0, 0.05) is 12.5 Å². The summed E-state index contributed by atoms with van der Waals surface area (Å²) < 4.78 is 29.1. The van der Waals surface area contributed by atoms with Gasteiger partial charge in [-0.3, -0.25) is 0 Å². The van der Waals surface area contributed by atoms with Gasteiger partial charge in [-0.1, -0.05) is 48.5 Å². The molecular weight excluding hydrogens is 410 g/mol. The highest BCUT2D eigenvalue weighted by Gasteiger charge is 2.29. The Bertz CT molecular complexity index is 995. The summed E-state index contributed by atoms with van der Waals surface area (Å²) in [7, 11) is -3.84. The third kappa shape index (κ3) is 5.35. The highest BCUT2D eigenvalue weighted by molar-refractivity contribution is 7.87. The average Bonchev–Trinajstić information content (AvgIpc) is 3.01. The molecule has 9 nitrogen and oxygen atoms in total. The second-order valence-electron chi connectivity index (χ2n) is 6.94. The first-order valence-corrected chi connectivity index (χ1v) is 10.9. The monoisotopic (exact) mass is 433 g/mol. The van der Waals surface area contributed by atoms with Gasteiger partial charge in [-0.05, 0) is 35.1 Å². The summed E-state index contributed by atoms with van der Waals surface area (Å²) in [6.07, 6.45) is -0.650. The number of carbonyl (C=O) groups is 2. The van der Waals surface area contributed by atoms with Crippen molar-refractivity contribution in [1.82, 2.24) is 10.0 Å². The van der Waals surface area contributed by atoms with Gasteiger partial charge in [-0.2, -0.15) is 8.42 Å². The van der Waals surface area contributed by atoms with Crippen molar-refractivity contribution in [3.05, 3.63) is 59.7 Å². The minimum Gasteiger partial charge on any atom is -0.480 e.